The van der Waals surface area contributed by atoms with Gasteiger partial charge in [-0.05, 0) is 69.0 Å². The lowest BCUT2D eigenvalue weighted by atomic mass is 10.00. The molecule has 3 amide bonds. The van der Waals surface area contributed by atoms with Crippen molar-refractivity contribution in [2.24, 2.45) is 0 Å². The maximum Gasteiger partial charge on any atom is 0.254 e. The molecule has 47 heavy (non-hydrogen) atoms. The van der Waals surface area contributed by atoms with Crippen molar-refractivity contribution >= 4 is 23.5 Å². The summed E-state index contributed by atoms with van der Waals surface area (Å²) >= 11 is 0. The van der Waals surface area contributed by atoms with E-state index in [1.165, 1.54) is 11.2 Å². The van der Waals surface area contributed by atoms with E-state index in [2.05, 4.69) is 20.4 Å². The van der Waals surface area contributed by atoms with Crippen molar-refractivity contribution < 1.29 is 28.6 Å². The van der Waals surface area contributed by atoms with E-state index in [1.54, 1.807) is 34.7 Å². The van der Waals surface area contributed by atoms with E-state index in [9.17, 15) is 14.4 Å². The second-order valence-electron chi connectivity index (χ2n) is 11.9. The summed E-state index contributed by atoms with van der Waals surface area (Å²) in [6, 6.07) is 12.1. The molecule has 13 nitrogen and oxygen atoms in total. The quantitative estimate of drug-likeness (QED) is 0.348. The van der Waals surface area contributed by atoms with Crippen LogP contribution in [0, 0.1) is 13.8 Å². The van der Waals surface area contributed by atoms with E-state index in [1.807, 2.05) is 45.0 Å². The molecule has 0 aliphatic carbocycles. The number of benzene rings is 2. The lowest BCUT2D eigenvalue weighted by Gasteiger charge is -2.39. The fourth-order valence-electron chi connectivity index (χ4n) is 6.20. The SMILES string of the molecule is CCOc1cc2cc(c1)C(=O)N(C)CC(=O)N[C@H]1CN(C(=O)CCc3c(C)nc4ncnn4c3C)CC[C@H]1OCc1cccc(c1)O2. The molecule has 4 heterocycles. The molecular formula is C34H39N7O6. The Morgan fingerprint density at radius 2 is 1.98 bits per heavy atom. The number of rotatable bonds is 5. The average Bonchev–Trinajstić information content (AvgIpc) is 3.52. The number of piperidine rings is 1. The topological polar surface area (TPSA) is 140 Å². The second-order valence-corrected chi connectivity index (χ2v) is 11.9. The van der Waals surface area contributed by atoms with Gasteiger partial charge in [0, 0.05) is 49.6 Å². The number of nitrogens with one attached hydrogen (secondary N) is 1. The normalized spacial score (nSPS) is 18.8. The molecular weight excluding hydrogens is 602 g/mol. The van der Waals surface area contributed by atoms with Crippen LogP contribution in [-0.4, -0.2) is 92.5 Å². The van der Waals surface area contributed by atoms with Crippen LogP contribution in [0.2, 0.25) is 0 Å². The molecule has 246 valence electrons. The summed E-state index contributed by atoms with van der Waals surface area (Å²) in [5, 5.41) is 7.31. The van der Waals surface area contributed by atoms with Crippen molar-refractivity contribution in [1.82, 2.24) is 34.7 Å². The van der Waals surface area contributed by atoms with Gasteiger partial charge in [-0.2, -0.15) is 10.1 Å². The van der Waals surface area contributed by atoms with Gasteiger partial charge in [-0.1, -0.05) is 12.1 Å². The first kappa shape index (κ1) is 31.9. The number of aryl methyl sites for hydroxylation is 2. The minimum atomic E-state index is -0.472. The Morgan fingerprint density at radius 3 is 2.81 bits per heavy atom. The van der Waals surface area contributed by atoms with Crippen molar-refractivity contribution in [3.05, 3.63) is 76.9 Å². The van der Waals surface area contributed by atoms with Gasteiger partial charge in [0.05, 0.1) is 31.9 Å². The number of amides is 3. The molecule has 2 aliphatic heterocycles. The predicted octanol–water partition coefficient (Wildman–Crippen LogP) is 3.25. The van der Waals surface area contributed by atoms with Crippen molar-refractivity contribution in [1.29, 1.82) is 0 Å². The van der Waals surface area contributed by atoms with Crippen molar-refractivity contribution in [2.75, 3.05) is 33.3 Å². The summed E-state index contributed by atoms with van der Waals surface area (Å²) in [5.41, 5.74) is 3.92. The van der Waals surface area contributed by atoms with Crippen LogP contribution in [0.25, 0.3) is 5.78 Å². The summed E-state index contributed by atoms with van der Waals surface area (Å²) < 4.78 is 19.9. The first-order valence-electron chi connectivity index (χ1n) is 15.8. The van der Waals surface area contributed by atoms with E-state index in [-0.39, 0.29) is 43.3 Å². The Bertz CT molecular complexity index is 1810. The van der Waals surface area contributed by atoms with Gasteiger partial charge in [-0.15, -0.1) is 0 Å². The minimum absolute atomic E-state index is 0.0237. The number of likely N-dealkylation sites (N-methyl/N-ethyl adjacent to an activating group) is 1. The second kappa shape index (κ2) is 13.8. The van der Waals surface area contributed by atoms with Crippen molar-refractivity contribution in [3.63, 3.8) is 0 Å². The van der Waals surface area contributed by atoms with Gasteiger partial charge in [-0.25, -0.2) is 9.50 Å². The third-order valence-corrected chi connectivity index (χ3v) is 8.59. The van der Waals surface area contributed by atoms with Crippen LogP contribution < -0.4 is 14.8 Å². The summed E-state index contributed by atoms with van der Waals surface area (Å²) in [6.45, 7) is 7.03. The Hall–Kier alpha value is -5.04. The fraction of sp³-hybridized carbons (Fsp3) is 0.412. The van der Waals surface area contributed by atoms with Crippen LogP contribution in [-0.2, 0) is 27.4 Å². The Labute approximate surface area is 272 Å². The number of fused-ring (bicyclic) bond motifs is 6. The molecule has 0 radical (unpaired) electrons. The lowest BCUT2D eigenvalue weighted by molar-refractivity contribution is -0.137. The Balaban J connectivity index is 1.20. The number of carbonyl (C=O) groups is 3. The molecule has 6 rings (SSSR count). The van der Waals surface area contributed by atoms with Gasteiger partial charge < -0.3 is 29.3 Å². The average molecular weight is 642 g/mol. The van der Waals surface area contributed by atoms with Gasteiger partial charge in [0.25, 0.3) is 11.7 Å². The van der Waals surface area contributed by atoms with Crippen LogP contribution in [0.5, 0.6) is 17.2 Å². The highest BCUT2D eigenvalue weighted by molar-refractivity contribution is 5.97. The number of hydrogen-bond acceptors (Lipinski definition) is 9. The molecule has 0 unspecified atom stereocenters. The zero-order chi connectivity index (χ0) is 33.1. The highest BCUT2D eigenvalue weighted by Crippen LogP contribution is 2.29. The number of likely N-dealkylation sites (tertiary alicyclic amines) is 1. The summed E-state index contributed by atoms with van der Waals surface area (Å²) in [4.78, 5) is 52.1. The van der Waals surface area contributed by atoms with Gasteiger partial charge in [0.15, 0.2) is 0 Å². The summed E-state index contributed by atoms with van der Waals surface area (Å²) in [7, 11) is 1.57. The van der Waals surface area contributed by atoms with E-state index >= 15 is 0 Å². The Kier molecular flexibility index (Phi) is 9.34. The molecule has 4 aromatic rings. The molecule has 0 saturated carbocycles. The third kappa shape index (κ3) is 7.19. The standard InChI is InChI=1S/C34H39N7O6/c1-5-45-26-14-24-15-27(16-26)47-25-8-6-7-23(13-25)19-46-30-11-12-40(17-29(30)38-31(42)18-39(4)33(24)44)32(43)10-9-28-21(2)37-34-35-20-36-41(34)22(28)3/h6-8,13-16,20,29-30H,5,9-12,17-19H2,1-4H3,(H,38,42)/t29-,30+/m0/s1. The number of nitrogens with zero attached hydrogens (tertiary/aromatic N) is 6. The number of aromatic nitrogens is 4. The number of carbonyl (C=O) groups excluding carboxylic acids is 3. The first-order valence-corrected chi connectivity index (χ1v) is 15.8. The monoisotopic (exact) mass is 641 g/mol. The van der Waals surface area contributed by atoms with E-state index in [0.717, 1.165) is 22.5 Å². The van der Waals surface area contributed by atoms with Crippen molar-refractivity contribution in [3.8, 4) is 17.2 Å². The first-order chi connectivity index (χ1) is 22.7. The number of hydrogen-bond donors (Lipinski definition) is 1. The molecule has 2 aliphatic rings. The van der Waals surface area contributed by atoms with Crippen molar-refractivity contribution in [2.45, 2.75) is 58.8 Å². The fourth-order valence-corrected chi connectivity index (χ4v) is 6.20. The van der Waals surface area contributed by atoms with Gasteiger partial charge in [0.1, 0.15) is 23.6 Å². The Morgan fingerprint density at radius 1 is 1.13 bits per heavy atom. The molecule has 2 aromatic heterocycles. The van der Waals surface area contributed by atoms with Crippen LogP contribution in [0.1, 0.15) is 52.6 Å². The zero-order valence-electron chi connectivity index (χ0n) is 27.1. The molecule has 2 aromatic carbocycles. The van der Waals surface area contributed by atoms with E-state index < -0.39 is 6.04 Å². The maximum atomic E-state index is 13.5. The molecule has 1 N–H and O–H groups in total. The van der Waals surface area contributed by atoms with Gasteiger partial charge >= 0.3 is 0 Å². The van der Waals surface area contributed by atoms with Crippen LogP contribution in [0.3, 0.4) is 0 Å². The molecule has 1 saturated heterocycles. The molecule has 0 spiro atoms. The molecule has 2 atom stereocenters. The van der Waals surface area contributed by atoms with Gasteiger partial charge in [0.2, 0.25) is 11.8 Å². The maximum absolute atomic E-state index is 13.5. The summed E-state index contributed by atoms with van der Waals surface area (Å²) in [5.74, 6) is 1.32. The van der Waals surface area contributed by atoms with E-state index in [0.29, 0.717) is 61.2 Å². The van der Waals surface area contributed by atoms with E-state index in [4.69, 9.17) is 14.2 Å². The van der Waals surface area contributed by atoms with Crippen LogP contribution in [0.15, 0.2) is 48.8 Å². The molecule has 4 bridgehead atoms. The zero-order valence-corrected chi connectivity index (χ0v) is 27.1. The smallest absolute Gasteiger partial charge is 0.254 e. The minimum Gasteiger partial charge on any atom is -0.494 e. The number of ether oxygens (including phenoxy) is 3. The lowest BCUT2D eigenvalue weighted by Crippen LogP contribution is -2.58. The largest absolute Gasteiger partial charge is 0.494 e. The van der Waals surface area contributed by atoms with Crippen LogP contribution in [0.4, 0.5) is 0 Å². The highest BCUT2D eigenvalue weighted by Gasteiger charge is 2.34. The predicted molar refractivity (Wildman–Crippen MR) is 171 cm³/mol. The van der Waals surface area contributed by atoms with Gasteiger partial charge in [-0.3, -0.25) is 14.4 Å². The highest BCUT2D eigenvalue weighted by atomic mass is 16.5. The third-order valence-electron chi connectivity index (χ3n) is 8.59. The molecule has 13 heteroatoms. The van der Waals surface area contributed by atoms with Crippen LogP contribution >= 0.6 is 0 Å². The molecule has 1 fully saturated rings. The summed E-state index contributed by atoms with van der Waals surface area (Å²) in [6.07, 6.45) is 2.45.